The largest absolute Gasteiger partial charge is 0.465 e. The summed E-state index contributed by atoms with van der Waals surface area (Å²) in [5.41, 5.74) is 8.88. The maximum absolute atomic E-state index is 11.6. The molecule has 0 bridgehead atoms. The fraction of sp³-hybridized carbons (Fsp3) is 0.200. The summed E-state index contributed by atoms with van der Waals surface area (Å²) >= 11 is 0. The van der Waals surface area contributed by atoms with Crippen molar-refractivity contribution < 1.29 is 9.53 Å². The van der Waals surface area contributed by atoms with Gasteiger partial charge in [0, 0.05) is 12.7 Å². The molecule has 104 valence electrons. The van der Waals surface area contributed by atoms with Crippen molar-refractivity contribution in [3.63, 3.8) is 0 Å². The Morgan fingerprint density at radius 3 is 2.80 bits per heavy atom. The van der Waals surface area contributed by atoms with Crippen molar-refractivity contribution in [3.8, 4) is 0 Å². The van der Waals surface area contributed by atoms with E-state index >= 15 is 0 Å². The Morgan fingerprint density at radius 2 is 2.10 bits per heavy atom. The van der Waals surface area contributed by atoms with E-state index < -0.39 is 5.97 Å². The second kappa shape index (κ2) is 6.06. The average molecular weight is 271 g/mol. The van der Waals surface area contributed by atoms with Crippen molar-refractivity contribution in [3.05, 3.63) is 53.2 Å². The zero-order valence-electron chi connectivity index (χ0n) is 11.5. The van der Waals surface area contributed by atoms with Gasteiger partial charge in [-0.3, -0.25) is 0 Å². The Balaban J connectivity index is 2.18. The second-order valence-corrected chi connectivity index (χ2v) is 4.39. The Bertz CT molecular complexity index is 626. The van der Waals surface area contributed by atoms with Gasteiger partial charge in [-0.1, -0.05) is 24.3 Å². The van der Waals surface area contributed by atoms with Crippen molar-refractivity contribution in [1.82, 2.24) is 4.98 Å². The zero-order chi connectivity index (χ0) is 14.5. The van der Waals surface area contributed by atoms with Gasteiger partial charge in [-0.25, -0.2) is 9.78 Å². The van der Waals surface area contributed by atoms with Crippen molar-refractivity contribution in [2.45, 2.75) is 13.5 Å². The van der Waals surface area contributed by atoms with Gasteiger partial charge in [-0.15, -0.1) is 0 Å². The molecule has 0 aliphatic rings. The number of pyridine rings is 1. The third-order valence-corrected chi connectivity index (χ3v) is 3.10. The average Bonchev–Trinajstić information content (AvgIpc) is 2.47. The topological polar surface area (TPSA) is 77.2 Å². The van der Waals surface area contributed by atoms with Crippen LogP contribution in [0.15, 0.2) is 36.5 Å². The number of rotatable bonds is 4. The van der Waals surface area contributed by atoms with Crippen LogP contribution in [0.5, 0.6) is 0 Å². The molecule has 0 saturated carbocycles. The van der Waals surface area contributed by atoms with Gasteiger partial charge < -0.3 is 15.8 Å². The molecule has 5 heteroatoms. The van der Waals surface area contributed by atoms with Gasteiger partial charge >= 0.3 is 5.97 Å². The molecular weight excluding hydrogens is 254 g/mol. The van der Waals surface area contributed by atoms with E-state index in [-0.39, 0.29) is 0 Å². The summed E-state index contributed by atoms with van der Waals surface area (Å²) in [6, 6.07) is 9.58. The van der Waals surface area contributed by atoms with Gasteiger partial charge in [0.15, 0.2) is 0 Å². The normalized spacial score (nSPS) is 10.1. The highest BCUT2D eigenvalue weighted by Gasteiger charge is 2.13. The van der Waals surface area contributed by atoms with E-state index in [1.807, 2.05) is 31.2 Å². The van der Waals surface area contributed by atoms with E-state index in [9.17, 15) is 4.79 Å². The van der Waals surface area contributed by atoms with Gasteiger partial charge in [-0.05, 0) is 24.1 Å². The van der Waals surface area contributed by atoms with Gasteiger partial charge in [0.1, 0.15) is 5.82 Å². The molecule has 5 nitrogen and oxygen atoms in total. The van der Waals surface area contributed by atoms with Crippen molar-refractivity contribution in [1.29, 1.82) is 0 Å². The maximum Gasteiger partial charge on any atom is 0.340 e. The molecule has 1 aromatic heterocycles. The number of carbonyl (C=O) groups excluding carboxylic acids is 1. The third kappa shape index (κ3) is 2.88. The molecular formula is C15H17N3O2. The molecule has 20 heavy (non-hydrogen) atoms. The highest BCUT2D eigenvalue weighted by atomic mass is 16.5. The van der Waals surface area contributed by atoms with Gasteiger partial charge in [0.2, 0.25) is 0 Å². The predicted molar refractivity (Wildman–Crippen MR) is 78.5 cm³/mol. The molecule has 0 radical (unpaired) electrons. The molecule has 2 rings (SSSR count). The van der Waals surface area contributed by atoms with E-state index in [0.29, 0.717) is 23.6 Å². The van der Waals surface area contributed by atoms with Crippen LogP contribution >= 0.6 is 0 Å². The molecule has 0 spiro atoms. The van der Waals surface area contributed by atoms with Crippen LogP contribution < -0.4 is 11.1 Å². The molecule has 0 fully saturated rings. The lowest BCUT2D eigenvalue weighted by Crippen LogP contribution is -2.11. The first-order valence-electron chi connectivity index (χ1n) is 6.24. The fourth-order valence-corrected chi connectivity index (χ4v) is 1.89. The quantitative estimate of drug-likeness (QED) is 0.835. The molecule has 3 N–H and O–H groups in total. The molecule has 0 aliphatic heterocycles. The lowest BCUT2D eigenvalue weighted by atomic mass is 10.1. The number of aryl methyl sites for hydroxylation is 1. The van der Waals surface area contributed by atoms with E-state index in [4.69, 9.17) is 5.73 Å². The summed E-state index contributed by atoms with van der Waals surface area (Å²) in [5, 5.41) is 3.15. The molecule has 0 amide bonds. The first-order chi connectivity index (χ1) is 9.63. The van der Waals surface area contributed by atoms with Crippen LogP contribution in [0.3, 0.4) is 0 Å². The van der Waals surface area contributed by atoms with Crippen LogP contribution in [-0.2, 0) is 11.3 Å². The number of nitrogens with one attached hydrogen (secondary N) is 1. The van der Waals surface area contributed by atoms with Crippen LogP contribution in [0.25, 0.3) is 0 Å². The molecule has 0 saturated heterocycles. The highest BCUT2D eigenvalue weighted by Crippen LogP contribution is 2.21. The zero-order valence-corrected chi connectivity index (χ0v) is 11.5. The Labute approximate surface area is 117 Å². The Hall–Kier alpha value is -2.56. The van der Waals surface area contributed by atoms with Gasteiger partial charge in [0.05, 0.1) is 18.4 Å². The summed E-state index contributed by atoms with van der Waals surface area (Å²) in [4.78, 5) is 15.7. The fourth-order valence-electron chi connectivity index (χ4n) is 1.89. The summed E-state index contributed by atoms with van der Waals surface area (Å²) in [6.45, 7) is 2.63. The van der Waals surface area contributed by atoms with Crippen LogP contribution in [0, 0.1) is 6.92 Å². The summed E-state index contributed by atoms with van der Waals surface area (Å²) in [5.74, 6) is 0.0139. The van der Waals surface area contributed by atoms with Crippen molar-refractivity contribution in [2.75, 3.05) is 18.2 Å². The molecule has 0 unspecified atom stereocenters. The first kappa shape index (κ1) is 13.9. The van der Waals surface area contributed by atoms with E-state index in [2.05, 4.69) is 15.0 Å². The van der Waals surface area contributed by atoms with Crippen LogP contribution in [0.2, 0.25) is 0 Å². The van der Waals surface area contributed by atoms with Gasteiger partial charge in [0.25, 0.3) is 0 Å². The lowest BCUT2D eigenvalue weighted by molar-refractivity contribution is 0.0602. The second-order valence-electron chi connectivity index (χ2n) is 4.39. The van der Waals surface area contributed by atoms with Crippen LogP contribution in [-0.4, -0.2) is 18.1 Å². The number of hydrogen-bond acceptors (Lipinski definition) is 5. The molecule has 1 heterocycles. The number of hydrogen-bond donors (Lipinski definition) is 2. The number of nitrogens with zero attached hydrogens (tertiary/aromatic N) is 1. The Morgan fingerprint density at radius 1 is 1.35 bits per heavy atom. The smallest absolute Gasteiger partial charge is 0.340 e. The number of methoxy groups -OCH3 is 1. The van der Waals surface area contributed by atoms with Crippen molar-refractivity contribution in [2.24, 2.45) is 0 Å². The third-order valence-electron chi connectivity index (χ3n) is 3.10. The van der Waals surface area contributed by atoms with Crippen LogP contribution in [0.1, 0.15) is 21.5 Å². The maximum atomic E-state index is 11.6. The number of aromatic nitrogens is 1. The minimum Gasteiger partial charge on any atom is -0.465 e. The number of nitrogens with two attached hydrogens (primary N) is 1. The number of anilines is 2. The van der Waals surface area contributed by atoms with Gasteiger partial charge in [-0.2, -0.15) is 0 Å². The number of esters is 1. The minimum absolute atomic E-state index is 0.299. The molecule has 0 aliphatic carbocycles. The summed E-state index contributed by atoms with van der Waals surface area (Å²) in [7, 11) is 1.32. The van der Waals surface area contributed by atoms with Crippen molar-refractivity contribution >= 4 is 17.5 Å². The number of benzene rings is 1. The molecule has 0 atom stereocenters. The van der Waals surface area contributed by atoms with E-state index in [1.165, 1.54) is 18.9 Å². The number of nitrogen functional groups attached to an aromatic ring is 1. The van der Waals surface area contributed by atoms with Crippen LogP contribution in [0.4, 0.5) is 11.5 Å². The molecule has 2 aromatic rings. The molecule has 1 aromatic carbocycles. The summed E-state index contributed by atoms with van der Waals surface area (Å²) in [6.07, 6.45) is 1.53. The number of carbonyl (C=O) groups is 1. The van der Waals surface area contributed by atoms with E-state index in [0.717, 1.165) is 5.56 Å². The standard InChI is InChI=1S/C15H17N3O2/c1-10-5-3-4-6-11(10)9-18-14-13(16)12(7-8-17-14)15(19)20-2/h3-8H,9,16H2,1-2H3,(H,17,18). The monoisotopic (exact) mass is 271 g/mol. The minimum atomic E-state index is -0.469. The predicted octanol–water partition coefficient (Wildman–Crippen LogP) is 2.37. The lowest BCUT2D eigenvalue weighted by Gasteiger charge is -2.12. The highest BCUT2D eigenvalue weighted by molar-refractivity contribution is 5.97. The Kier molecular flexibility index (Phi) is 4.20. The first-order valence-corrected chi connectivity index (χ1v) is 6.24. The SMILES string of the molecule is COC(=O)c1ccnc(NCc2ccccc2C)c1N. The summed E-state index contributed by atoms with van der Waals surface area (Å²) < 4.78 is 4.68. The number of ether oxygens (including phenoxy) is 1. The van der Waals surface area contributed by atoms with E-state index in [1.54, 1.807) is 6.07 Å².